The maximum Gasteiger partial charge on any atom is 0.414 e. The summed E-state index contributed by atoms with van der Waals surface area (Å²) in [6.07, 6.45) is 1.35. The van der Waals surface area contributed by atoms with Gasteiger partial charge in [-0.25, -0.2) is 33.6 Å². The fourth-order valence-electron chi connectivity index (χ4n) is 9.87. The number of hydrogen-bond donors (Lipinski definition) is 11. The molecule has 0 saturated carbocycles. The van der Waals surface area contributed by atoms with Gasteiger partial charge in [0.15, 0.2) is 0 Å². The van der Waals surface area contributed by atoms with Crippen molar-refractivity contribution < 1.29 is 81.1 Å². The van der Waals surface area contributed by atoms with Crippen LogP contribution in [0.4, 0.5) is 39.2 Å². The van der Waals surface area contributed by atoms with Crippen molar-refractivity contribution in [3.8, 4) is 0 Å². The van der Waals surface area contributed by atoms with E-state index in [0.717, 1.165) is 36.0 Å². The van der Waals surface area contributed by atoms with Crippen LogP contribution in [-0.2, 0) is 66.8 Å². The normalized spacial score (nSPS) is 12.8. The van der Waals surface area contributed by atoms with E-state index in [1.54, 1.807) is 158 Å². The maximum absolute atomic E-state index is 14.0. The summed E-state index contributed by atoms with van der Waals surface area (Å²) < 4.78 is 38.0. The minimum atomic E-state index is -1.02. The maximum atomic E-state index is 14.0. The van der Waals surface area contributed by atoms with Gasteiger partial charge in [-0.2, -0.15) is 0 Å². The Balaban J connectivity index is 2.40. The van der Waals surface area contributed by atoms with E-state index in [1.807, 2.05) is 36.4 Å². The van der Waals surface area contributed by atoms with Crippen LogP contribution in [0, 0.1) is 0 Å². The van der Waals surface area contributed by atoms with E-state index in [0.29, 0.717) is 83.2 Å². The third kappa shape index (κ3) is 49.1. The Morgan fingerprint density at radius 2 is 0.667 bits per heavy atom. The Kier molecular flexibility index (Phi) is 40.3. The third-order valence-electron chi connectivity index (χ3n) is 14.3. The SMILES string of the molecule is CC(C)(C)OC(=O)NC(=NCCCC[C@H](NC(=O)OC(C)(C)C)C(=O)NCCCN(CCCNC(=O)[C@H](CCCCN=C(NC(=O)OC(C)(C)C)NC(=O)OC(C)(C)C)NC(=O)OC(C)(C)C)CCCc1ccc(NC(=O)[C@H](Cc2ccc(CCCCN)cc2)NC(=O)OC(C)(C)C)cc1)NC(=O)OC(C)(C)C. The van der Waals surface area contributed by atoms with E-state index in [1.165, 1.54) is 0 Å². The lowest BCUT2D eigenvalue weighted by atomic mass is 10.0. The molecule has 0 aliphatic rings. The molecule has 0 spiro atoms. The van der Waals surface area contributed by atoms with E-state index in [2.05, 4.69) is 68.1 Å². The smallest absolute Gasteiger partial charge is 0.414 e. The number of alkyl carbamates (subject to hydrolysis) is 7. The molecule has 0 aliphatic carbocycles. The standard InChI is InChI=1S/C77H130N14O17/c1-71(2,3)102-64(95)84-56(33-23-26-44-81-62(87-67(98)105-74(10,11)12)88-68(99)106-75(13,14)15)59(92)79-46-29-49-91(48-28-32-53-39-41-55(42-40-53)83-61(94)58(86-66(97)104-73(7,8)9)51-54-37-35-52(36-38-54)31-22-25-43-78)50-30-47-80-60(93)57(85-65(96)103-72(4,5)6)34-24-27-45-82-63(89-69(100)107-76(16,17)18)90-70(101)108-77(19,20)21/h35-42,56-58H,22-34,43-51,78H2,1-21H3,(H,79,92)(H,80,93)(H,83,94)(H,84,95)(H,85,96)(H,86,97)(H2,81,87,88,98,99)(H2,82,89,90,100,101)/t56-,57-,58-/m0/s1. The first-order valence-corrected chi connectivity index (χ1v) is 37.5. The van der Waals surface area contributed by atoms with E-state index < -0.39 is 118 Å². The molecule has 0 aliphatic heterocycles. The molecule has 108 heavy (non-hydrogen) atoms. The van der Waals surface area contributed by atoms with Crippen molar-refractivity contribution in [3.63, 3.8) is 0 Å². The van der Waals surface area contributed by atoms with Crippen LogP contribution in [-0.4, -0.2) is 187 Å². The van der Waals surface area contributed by atoms with Gasteiger partial charge in [0, 0.05) is 38.3 Å². The second-order valence-electron chi connectivity index (χ2n) is 33.2. The van der Waals surface area contributed by atoms with Gasteiger partial charge in [-0.15, -0.1) is 0 Å². The number of aryl methyl sites for hydroxylation is 2. The zero-order valence-corrected chi connectivity index (χ0v) is 68.3. The third-order valence-corrected chi connectivity index (χ3v) is 14.3. The highest BCUT2D eigenvalue weighted by Gasteiger charge is 2.30. The average Bonchev–Trinajstić information content (AvgIpc) is 0.881. The van der Waals surface area contributed by atoms with Gasteiger partial charge in [-0.1, -0.05) is 36.4 Å². The summed E-state index contributed by atoms with van der Waals surface area (Å²) in [5.74, 6) is -1.73. The number of benzene rings is 2. The summed E-state index contributed by atoms with van der Waals surface area (Å²) in [6.45, 7) is 38.5. The molecule has 12 N–H and O–H groups in total. The largest absolute Gasteiger partial charge is 0.444 e. The van der Waals surface area contributed by atoms with Gasteiger partial charge < -0.3 is 75.7 Å². The molecule has 2 aromatic carbocycles. The van der Waals surface area contributed by atoms with Gasteiger partial charge in [0.25, 0.3) is 0 Å². The summed E-state index contributed by atoms with van der Waals surface area (Å²) >= 11 is 0. The number of nitrogens with two attached hydrogens (primary N) is 1. The van der Waals surface area contributed by atoms with Crippen molar-refractivity contribution >= 4 is 78.0 Å². The Bertz CT molecular complexity index is 3020. The highest BCUT2D eigenvalue weighted by molar-refractivity contribution is 6.02. The van der Waals surface area contributed by atoms with Gasteiger partial charge in [0.2, 0.25) is 29.6 Å². The summed E-state index contributed by atoms with van der Waals surface area (Å²) in [5, 5.41) is 26.9. The van der Waals surface area contributed by atoms with E-state index >= 15 is 0 Å². The molecule has 10 amide bonds. The molecule has 0 aromatic heterocycles. The van der Waals surface area contributed by atoms with Gasteiger partial charge in [0.05, 0.1) is 0 Å². The van der Waals surface area contributed by atoms with Gasteiger partial charge in [0.1, 0.15) is 57.3 Å². The van der Waals surface area contributed by atoms with Crippen molar-refractivity contribution in [3.05, 3.63) is 65.2 Å². The number of ether oxygens (including phenoxy) is 7. The highest BCUT2D eigenvalue weighted by atomic mass is 16.6. The molecular weight excluding hydrogens is 1390 g/mol. The topological polar surface area (TPSA) is 410 Å². The number of hydrogen-bond acceptors (Lipinski definition) is 21. The number of nitrogens with zero attached hydrogens (tertiary/aromatic N) is 3. The van der Waals surface area contributed by atoms with Crippen molar-refractivity contribution in [2.24, 2.45) is 15.7 Å². The lowest BCUT2D eigenvalue weighted by Crippen LogP contribution is -2.48. The number of rotatable bonds is 35. The van der Waals surface area contributed by atoms with Gasteiger partial charge in [-0.3, -0.25) is 45.6 Å². The van der Waals surface area contributed by atoms with E-state index in [4.69, 9.17) is 38.9 Å². The molecule has 2 aromatic rings. The molecule has 2 rings (SSSR count). The Hall–Kier alpha value is -9.00. The zero-order valence-electron chi connectivity index (χ0n) is 68.3. The predicted molar refractivity (Wildman–Crippen MR) is 416 cm³/mol. The van der Waals surface area contributed by atoms with Crippen LogP contribution in [0.1, 0.15) is 233 Å². The number of guanidine groups is 2. The Morgan fingerprint density at radius 1 is 0.361 bits per heavy atom. The van der Waals surface area contributed by atoms with Crippen LogP contribution >= 0.6 is 0 Å². The molecule has 0 radical (unpaired) electrons. The number of amides is 10. The fourth-order valence-corrected chi connectivity index (χ4v) is 9.87. The Morgan fingerprint density at radius 3 is 1.01 bits per heavy atom. The second kappa shape index (κ2) is 45.7. The lowest BCUT2D eigenvalue weighted by Gasteiger charge is -2.25. The van der Waals surface area contributed by atoms with E-state index in [9.17, 15) is 47.9 Å². The first kappa shape index (κ1) is 95.1. The minimum Gasteiger partial charge on any atom is -0.444 e. The molecule has 3 atom stereocenters. The first-order valence-electron chi connectivity index (χ1n) is 37.5. The number of nitrogens with one attached hydrogen (secondary N) is 10. The predicted octanol–water partition coefficient (Wildman–Crippen LogP) is 11.2. The summed E-state index contributed by atoms with van der Waals surface area (Å²) in [5.41, 5.74) is 3.32. The minimum absolute atomic E-state index is 0.0910. The first-order chi connectivity index (χ1) is 49.9. The molecule has 31 heteroatoms. The lowest BCUT2D eigenvalue weighted by molar-refractivity contribution is -0.124. The van der Waals surface area contributed by atoms with Crippen molar-refractivity contribution in [2.45, 2.75) is 293 Å². The van der Waals surface area contributed by atoms with Crippen LogP contribution < -0.4 is 58.9 Å². The van der Waals surface area contributed by atoms with Crippen LogP contribution in [0.15, 0.2) is 58.5 Å². The molecule has 0 heterocycles. The van der Waals surface area contributed by atoms with E-state index in [-0.39, 0.29) is 57.4 Å². The molecule has 0 unspecified atom stereocenters. The Labute approximate surface area is 640 Å². The number of anilines is 1. The molecule has 0 saturated heterocycles. The number of carbonyl (C=O) groups excluding carboxylic acids is 10. The van der Waals surface area contributed by atoms with Gasteiger partial charge in [-0.05, 0) is 284 Å². The summed E-state index contributed by atoms with van der Waals surface area (Å²) in [6, 6.07) is 12.4. The van der Waals surface area contributed by atoms with Crippen molar-refractivity contribution in [1.82, 2.24) is 52.8 Å². The van der Waals surface area contributed by atoms with Crippen LogP contribution in [0.5, 0.6) is 0 Å². The van der Waals surface area contributed by atoms with Crippen LogP contribution in [0.25, 0.3) is 0 Å². The van der Waals surface area contributed by atoms with Crippen LogP contribution in [0.2, 0.25) is 0 Å². The zero-order chi connectivity index (χ0) is 81.7. The number of aliphatic imine (C=N–C) groups is 2. The number of carbonyl (C=O) groups is 10. The second-order valence-corrected chi connectivity index (χ2v) is 33.2. The van der Waals surface area contributed by atoms with Gasteiger partial charge >= 0.3 is 42.7 Å². The highest BCUT2D eigenvalue weighted by Crippen LogP contribution is 2.19. The molecule has 31 nitrogen and oxygen atoms in total. The molecule has 0 fully saturated rings. The summed E-state index contributed by atoms with van der Waals surface area (Å²) in [4.78, 5) is 143. The fraction of sp³-hybridized carbons (Fsp3) is 0.688. The molecular formula is C77H130N14O17. The van der Waals surface area contributed by atoms with Crippen molar-refractivity contribution in [1.29, 1.82) is 0 Å². The molecule has 0 bridgehead atoms. The van der Waals surface area contributed by atoms with Crippen molar-refractivity contribution in [2.75, 3.05) is 57.7 Å². The average molecular weight is 1520 g/mol. The quantitative estimate of drug-likeness (QED) is 0.0132. The summed E-state index contributed by atoms with van der Waals surface area (Å²) in [7, 11) is 0. The number of unbranched alkanes of at least 4 members (excludes halogenated alkanes) is 3. The monoisotopic (exact) mass is 1520 g/mol. The van der Waals surface area contributed by atoms with Crippen LogP contribution in [0.3, 0.4) is 0 Å². The molecule has 610 valence electrons.